The quantitative estimate of drug-likeness (QED) is 0.801. The summed E-state index contributed by atoms with van der Waals surface area (Å²) in [6, 6.07) is 7.52. The van der Waals surface area contributed by atoms with Gasteiger partial charge >= 0.3 is 0 Å². The van der Waals surface area contributed by atoms with Crippen LogP contribution in [0.5, 0.6) is 5.75 Å². The number of likely N-dealkylation sites (tertiary alicyclic amines) is 2. The number of carbonyl (C=O) groups excluding carboxylic acids is 1. The average molecular weight is 332 g/mol. The third-order valence-corrected chi connectivity index (χ3v) is 4.92. The smallest absolute Gasteiger partial charge is 0.254 e. The van der Waals surface area contributed by atoms with Crippen LogP contribution in [-0.4, -0.2) is 68.3 Å². The molecule has 2 heterocycles. The summed E-state index contributed by atoms with van der Waals surface area (Å²) in [5, 5.41) is 0. The monoisotopic (exact) mass is 332 g/mol. The van der Waals surface area contributed by atoms with E-state index < -0.39 is 0 Å². The molecule has 132 valence electrons. The predicted molar refractivity (Wildman–Crippen MR) is 93.5 cm³/mol. The van der Waals surface area contributed by atoms with E-state index in [9.17, 15) is 4.79 Å². The Morgan fingerprint density at radius 2 is 2.08 bits per heavy atom. The van der Waals surface area contributed by atoms with Crippen LogP contribution in [0.1, 0.15) is 30.6 Å². The lowest BCUT2D eigenvalue weighted by molar-refractivity contribution is 0.00967. The van der Waals surface area contributed by atoms with Crippen LogP contribution in [0.4, 0.5) is 0 Å². The second kappa shape index (κ2) is 7.11. The zero-order chi connectivity index (χ0) is 17.2. The first-order valence-corrected chi connectivity index (χ1v) is 8.79. The molecule has 1 spiro atoms. The molecule has 1 aromatic rings. The van der Waals surface area contributed by atoms with E-state index in [1.807, 2.05) is 43.0 Å². The molecule has 1 aromatic carbocycles. The van der Waals surface area contributed by atoms with Crippen molar-refractivity contribution in [2.45, 2.75) is 26.4 Å². The fraction of sp³-hybridized carbons (Fsp3) is 0.632. The van der Waals surface area contributed by atoms with Gasteiger partial charge in [0, 0.05) is 44.3 Å². The van der Waals surface area contributed by atoms with E-state index in [0.29, 0.717) is 5.41 Å². The van der Waals surface area contributed by atoms with Crippen LogP contribution in [0, 0.1) is 5.41 Å². The van der Waals surface area contributed by atoms with Crippen LogP contribution in [0.25, 0.3) is 0 Å². The summed E-state index contributed by atoms with van der Waals surface area (Å²) in [5.74, 6) is 0.878. The number of nitrogens with zero attached hydrogens (tertiary/aromatic N) is 2. The molecule has 2 aliphatic heterocycles. The summed E-state index contributed by atoms with van der Waals surface area (Å²) >= 11 is 0. The van der Waals surface area contributed by atoms with Crippen molar-refractivity contribution >= 4 is 5.91 Å². The minimum absolute atomic E-state index is 0.110. The Bertz CT molecular complexity index is 582. The molecule has 0 atom stereocenters. The first kappa shape index (κ1) is 17.2. The Hall–Kier alpha value is -1.59. The lowest BCUT2D eigenvalue weighted by Crippen LogP contribution is -2.59. The van der Waals surface area contributed by atoms with E-state index in [0.717, 1.165) is 50.6 Å². The Kier molecular flexibility index (Phi) is 5.11. The second-order valence-electron chi connectivity index (χ2n) is 7.37. The molecular formula is C19H28N2O3. The standard InChI is InChI=1S/C19H28N2O3/c1-15(2)24-17-6-4-5-16(11-17)18(22)21-13-19(14-21)7-8-20(12-19)9-10-23-3/h4-6,11,15H,7-10,12-14H2,1-3H3. The van der Waals surface area contributed by atoms with Crippen LogP contribution in [-0.2, 0) is 4.74 Å². The molecule has 2 fully saturated rings. The number of amides is 1. The minimum Gasteiger partial charge on any atom is -0.491 e. The van der Waals surface area contributed by atoms with Gasteiger partial charge in [-0.1, -0.05) is 6.07 Å². The molecule has 1 amide bonds. The first-order chi connectivity index (χ1) is 11.5. The molecule has 24 heavy (non-hydrogen) atoms. The average Bonchev–Trinajstić information content (AvgIpc) is 2.95. The molecule has 0 N–H and O–H groups in total. The maximum atomic E-state index is 12.7. The Morgan fingerprint density at radius 3 is 2.79 bits per heavy atom. The van der Waals surface area contributed by atoms with Crippen molar-refractivity contribution in [3.63, 3.8) is 0 Å². The van der Waals surface area contributed by atoms with Gasteiger partial charge in [0.05, 0.1) is 12.7 Å². The van der Waals surface area contributed by atoms with Gasteiger partial charge < -0.3 is 19.3 Å². The Balaban J connectivity index is 1.55. The summed E-state index contributed by atoms with van der Waals surface area (Å²) in [5.41, 5.74) is 1.02. The van der Waals surface area contributed by atoms with Crippen LogP contribution in [0.2, 0.25) is 0 Å². The third kappa shape index (κ3) is 3.73. The first-order valence-electron chi connectivity index (χ1n) is 8.79. The van der Waals surface area contributed by atoms with Gasteiger partial charge in [-0.05, 0) is 45.0 Å². The number of benzene rings is 1. The molecule has 0 bridgehead atoms. The molecule has 5 heteroatoms. The normalized spacial score (nSPS) is 19.8. The van der Waals surface area contributed by atoms with Crippen LogP contribution in [0.15, 0.2) is 24.3 Å². The van der Waals surface area contributed by atoms with Crippen LogP contribution in [0.3, 0.4) is 0 Å². The maximum Gasteiger partial charge on any atom is 0.254 e. The van der Waals surface area contributed by atoms with E-state index in [1.54, 1.807) is 7.11 Å². The summed E-state index contributed by atoms with van der Waals surface area (Å²) in [6.45, 7) is 9.67. The molecule has 3 rings (SSSR count). The van der Waals surface area contributed by atoms with E-state index in [2.05, 4.69) is 4.90 Å². The van der Waals surface area contributed by atoms with E-state index in [4.69, 9.17) is 9.47 Å². The SMILES string of the molecule is COCCN1CCC2(C1)CN(C(=O)c1cccc(OC(C)C)c1)C2. The van der Waals surface area contributed by atoms with Crippen molar-refractivity contribution in [1.29, 1.82) is 0 Å². The number of ether oxygens (including phenoxy) is 2. The highest BCUT2D eigenvalue weighted by atomic mass is 16.5. The van der Waals surface area contributed by atoms with Crippen LogP contribution < -0.4 is 4.74 Å². The van der Waals surface area contributed by atoms with E-state index in [1.165, 1.54) is 6.42 Å². The van der Waals surface area contributed by atoms with Crippen molar-refractivity contribution in [1.82, 2.24) is 9.80 Å². The van der Waals surface area contributed by atoms with Crippen molar-refractivity contribution in [3.05, 3.63) is 29.8 Å². The molecule has 0 radical (unpaired) electrons. The van der Waals surface area contributed by atoms with E-state index >= 15 is 0 Å². The number of hydrogen-bond donors (Lipinski definition) is 0. The topological polar surface area (TPSA) is 42.0 Å². The van der Waals surface area contributed by atoms with Crippen molar-refractivity contribution in [3.8, 4) is 5.75 Å². The highest BCUT2D eigenvalue weighted by Gasteiger charge is 2.49. The number of hydrogen-bond acceptors (Lipinski definition) is 4. The van der Waals surface area contributed by atoms with Crippen molar-refractivity contribution in [2.75, 3.05) is 46.4 Å². The lowest BCUT2D eigenvalue weighted by atomic mass is 9.78. The van der Waals surface area contributed by atoms with Crippen LogP contribution >= 0.6 is 0 Å². The van der Waals surface area contributed by atoms with Gasteiger partial charge in [0.1, 0.15) is 5.75 Å². The number of carbonyl (C=O) groups is 1. The largest absolute Gasteiger partial charge is 0.491 e. The maximum absolute atomic E-state index is 12.7. The number of rotatable bonds is 6. The van der Waals surface area contributed by atoms with Crippen molar-refractivity contribution in [2.24, 2.45) is 5.41 Å². The van der Waals surface area contributed by atoms with Gasteiger partial charge in [-0.15, -0.1) is 0 Å². The van der Waals surface area contributed by atoms with Gasteiger partial charge in [-0.2, -0.15) is 0 Å². The molecule has 0 aromatic heterocycles. The highest BCUT2D eigenvalue weighted by molar-refractivity contribution is 5.95. The fourth-order valence-electron chi connectivity index (χ4n) is 3.76. The Labute approximate surface area is 144 Å². The molecule has 5 nitrogen and oxygen atoms in total. The summed E-state index contributed by atoms with van der Waals surface area (Å²) in [6.07, 6.45) is 1.29. The molecule has 0 unspecified atom stereocenters. The zero-order valence-corrected chi connectivity index (χ0v) is 15.0. The second-order valence-corrected chi connectivity index (χ2v) is 7.37. The predicted octanol–water partition coefficient (Wildman–Crippen LogP) is 2.27. The summed E-state index contributed by atoms with van der Waals surface area (Å²) < 4.78 is 10.9. The molecule has 0 saturated carbocycles. The van der Waals surface area contributed by atoms with Gasteiger partial charge in [0.2, 0.25) is 0 Å². The Morgan fingerprint density at radius 1 is 1.29 bits per heavy atom. The van der Waals surface area contributed by atoms with Gasteiger partial charge in [0.25, 0.3) is 5.91 Å². The third-order valence-electron chi connectivity index (χ3n) is 4.92. The number of methoxy groups -OCH3 is 1. The molecular weight excluding hydrogens is 304 g/mol. The highest BCUT2D eigenvalue weighted by Crippen LogP contribution is 2.40. The molecule has 0 aliphatic carbocycles. The van der Waals surface area contributed by atoms with Gasteiger partial charge in [0.15, 0.2) is 0 Å². The summed E-state index contributed by atoms with van der Waals surface area (Å²) in [4.78, 5) is 17.1. The van der Waals surface area contributed by atoms with Crippen molar-refractivity contribution < 1.29 is 14.3 Å². The zero-order valence-electron chi connectivity index (χ0n) is 15.0. The molecule has 2 aliphatic rings. The summed E-state index contributed by atoms with van der Waals surface area (Å²) in [7, 11) is 1.74. The van der Waals surface area contributed by atoms with E-state index in [-0.39, 0.29) is 12.0 Å². The fourth-order valence-corrected chi connectivity index (χ4v) is 3.76. The minimum atomic E-state index is 0.110. The molecule has 2 saturated heterocycles. The van der Waals surface area contributed by atoms with Gasteiger partial charge in [-0.25, -0.2) is 0 Å². The lowest BCUT2D eigenvalue weighted by Gasteiger charge is -2.48. The van der Waals surface area contributed by atoms with Gasteiger partial charge in [-0.3, -0.25) is 4.79 Å².